The molecule has 0 amide bonds. The first-order valence-electron chi connectivity index (χ1n) is 9.48. The van der Waals surface area contributed by atoms with E-state index >= 15 is 0 Å². The van der Waals surface area contributed by atoms with Crippen molar-refractivity contribution in [3.05, 3.63) is 77.7 Å². The molecule has 0 atom stereocenters. The molecule has 1 aliphatic carbocycles. The number of hydrogen-bond acceptors (Lipinski definition) is 3. The van der Waals surface area contributed by atoms with Crippen molar-refractivity contribution in [1.29, 1.82) is 0 Å². The SMILES string of the molecule is CN(Cc1ccccc1)Cc1cnc(-c2ccc[c]c2C2CCCC2)o1. The number of rotatable bonds is 6. The molecule has 1 aromatic heterocycles. The lowest BCUT2D eigenvalue weighted by molar-refractivity contribution is 0.289. The van der Waals surface area contributed by atoms with Crippen LogP contribution in [0.5, 0.6) is 0 Å². The van der Waals surface area contributed by atoms with Crippen molar-refractivity contribution in [2.24, 2.45) is 0 Å². The van der Waals surface area contributed by atoms with Crippen molar-refractivity contribution in [3.8, 4) is 11.5 Å². The Morgan fingerprint density at radius 3 is 2.69 bits per heavy atom. The molecule has 1 fully saturated rings. The van der Waals surface area contributed by atoms with E-state index in [1.807, 2.05) is 24.4 Å². The fraction of sp³-hybridized carbons (Fsp3) is 0.348. The van der Waals surface area contributed by atoms with Gasteiger partial charge in [0.15, 0.2) is 0 Å². The van der Waals surface area contributed by atoms with Crippen molar-refractivity contribution < 1.29 is 4.42 Å². The van der Waals surface area contributed by atoms with Crippen LogP contribution in [0.4, 0.5) is 0 Å². The zero-order chi connectivity index (χ0) is 17.8. The van der Waals surface area contributed by atoms with Gasteiger partial charge in [0.1, 0.15) is 5.76 Å². The van der Waals surface area contributed by atoms with Crippen LogP contribution in [0.25, 0.3) is 11.5 Å². The van der Waals surface area contributed by atoms with Crippen LogP contribution in [-0.2, 0) is 13.1 Å². The second-order valence-electron chi connectivity index (χ2n) is 7.27. The summed E-state index contributed by atoms with van der Waals surface area (Å²) in [5.41, 5.74) is 3.68. The Hall–Kier alpha value is -2.39. The molecule has 4 rings (SSSR count). The number of benzene rings is 2. The first kappa shape index (κ1) is 17.0. The summed E-state index contributed by atoms with van der Waals surface area (Å²) in [4.78, 5) is 6.81. The van der Waals surface area contributed by atoms with E-state index < -0.39 is 0 Å². The second-order valence-corrected chi connectivity index (χ2v) is 7.27. The monoisotopic (exact) mass is 345 g/mol. The van der Waals surface area contributed by atoms with Crippen molar-refractivity contribution in [3.63, 3.8) is 0 Å². The molecule has 1 heterocycles. The Morgan fingerprint density at radius 1 is 1.08 bits per heavy atom. The predicted octanol–water partition coefficient (Wildman–Crippen LogP) is 5.43. The van der Waals surface area contributed by atoms with Crippen molar-refractivity contribution in [2.45, 2.75) is 44.7 Å². The van der Waals surface area contributed by atoms with Gasteiger partial charge in [-0.25, -0.2) is 4.98 Å². The molecule has 0 aliphatic heterocycles. The maximum atomic E-state index is 6.11. The Kier molecular flexibility index (Phi) is 5.16. The molecule has 0 spiro atoms. The first-order valence-corrected chi connectivity index (χ1v) is 9.48. The summed E-state index contributed by atoms with van der Waals surface area (Å²) < 4.78 is 6.11. The van der Waals surface area contributed by atoms with E-state index in [4.69, 9.17) is 4.42 Å². The fourth-order valence-electron chi connectivity index (χ4n) is 3.91. The zero-order valence-electron chi connectivity index (χ0n) is 15.3. The maximum Gasteiger partial charge on any atom is 0.226 e. The van der Waals surface area contributed by atoms with Gasteiger partial charge in [0.2, 0.25) is 5.89 Å². The number of aromatic nitrogens is 1. The van der Waals surface area contributed by atoms with Gasteiger partial charge in [-0.1, -0.05) is 55.3 Å². The molecule has 1 saturated carbocycles. The molecule has 3 aromatic rings. The average molecular weight is 345 g/mol. The Balaban J connectivity index is 1.48. The van der Waals surface area contributed by atoms with Crippen LogP contribution in [0.1, 0.15) is 48.5 Å². The molecule has 3 heteroatoms. The largest absolute Gasteiger partial charge is 0.440 e. The van der Waals surface area contributed by atoms with Gasteiger partial charge in [-0.15, -0.1) is 0 Å². The third kappa shape index (κ3) is 3.88. The standard InChI is InChI=1S/C23H25N2O/c1-25(16-18-9-3-2-4-10-18)17-20-15-24-23(26-20)22-14-8-7-13-21(22)19-11-5-6-12-19/h2-4,7-10,14-15,19H,5-6,11-12,16-17H2,1H3. The maximum absolute atomic E-state index is 6.11. The number of hydrogen-bond donors (Lipinski definition) is 0. The highest BCUT2D eigenvalue weighted by molar-refractivity contribution is 5.59. The van der Waals surface area contributed by atoms with Gasteiger partial charge in [-0.2, -0.15) is 0 Å². The molecule has 0 saturated heterocycles. The Morgan fingerprint density at radius 2 is 1.88 bits per heavy atom. The molecule has 133 valence electrons. The predicted molar refractivity (Wildman–Crippen MR) is 104 cm³/mol. The van der Waals surface area contributed by atoms with Crippen molar-refractivity contribution in [2.75, 3.05) is 7.05 Å². The summed E-state index contributed by atoms with van der Waals surface area (Å²) >= 11 is 0. The Labute approximate surface area is 155 Å². The minimum Gasteiger partial charge on any atom is -0.440 e. The molecule has 2 aromatic carbocycles. The summed E-state index contributed by atoms with van der Waals surface area (Å²) in [5, 5.41) is 0. The highest BCUT2D eigenvalue weighted by atomic mass is 16.4. The van der Waals surface area contributed by atoms with Gasteiger partial charge < -0.3 is 4.42 Å². The topological polar surface area (TPSA) is 29.3 Å². The third-order valence-electron chi connectivity index (χ3n) is 5.16. The summed E-state index contributed by atoms with van der Waals surface area (Å²) in [6, 6.07) is 20.1. The summed E-state index contributed by atoms with van der Waals surface area (Å²) in [6.07, 6.45) is 6.99. The molecule has 0 unspecified atom stereocenters. The van der Waals surface area contributed by atoms with Crippen LogP contribution in [-0.4, -0.2) is 16.9 Å². The summed E-state index contributed by atoms with van der Waals surface area (Å²) in [6.45, 7) is 1.64. The van der Waals surface area contributed by atoms with Crippen LogP contribution >= 0.6 is 0 Å². The molecule has 26 heavy (non-hydrogen) atoms. The summed E-state index contributed by atoms with van der Waals surface area (Å²) in [5.74, 6) is 2.23. The van der Waals surface area contributed by atoms with Gasteiger partial charge in [0.25, 0.3) is 0 Å². The molecular formula is C23H25N2O. The lowest BCUT2D eigenvalue weighted by Crippen LogP contribution is -2.16. The second kappa shape index (κ2) is 7.88. The van der Waals surface area contributed by atoms with Crippen molar-refractivity contribution >= 4 is 0 Å². The zero-order valence-corrected chi connectivity index (χ0v) is 15.3. The van der Waals surface area contributed by atoms with E-state index in [-0.39, 0.29) is 0 Å². The smallest absolute Gasteiger partial charge is 0.226 e. The van der Waals surface area contributed by atoms with E-state index in [9.17, 15) is 0 Å². The van der Waals surface area contributed by atoms with Gasteiger partial charge in [-0.3, -0.25) is 4.90 Å². The average Bonchev–Trinajstić information content (AvgIpc) is 3.34. The van der Waals surface area contributed by atoms with E-state index in [0.29, 0.717) is 5.92 Å². The molecule has 0 N–H and O–H groups in total. The van der Waals surface area contributed by atoms with E-state index in [1.165, 1.54) is 36.8 Å². The summed E-state index contributed by atoms with van der Waals surface area (Å²) in [7, 11) is 2.11. The number of oxazole rings is 1. The number of nitrogens with zero attached hydrogens (tertiary/aromatic N) is 2. The third-order valence-corrected chi connectivity index (χ3v) is 5.16. The molecule has 1 aliphatic rings. The molecule has 0 bridgehead atoms. The fourth-order valence-corrected chi connectivity index (χ4v) is 3.91. The lowest BCUT2D eigenvalue weighted by Gasteiger charge is -2.15. The van der Waals surface area contributed by atoms with Gasteiger partial charge in [-0.05, 0) is 49.1 Å². The van der Waals surface area contributed by atoms with Crippen molar-refractivity contribution in [1.82, 2.24) is 9.88 Å². The van der Waals surface area contributed by atoms with Crippen LogP contribution in [0.2, 0.25) is 0 Å². The quantitative estimate of drug-likeness (QED) is 0.596. The Bertz CT molecular complexity index is 834. The van der Waals surface area contributed by atoms with E-state index in [0.717, 1.165) is 30.3 Å². The van der Waals surface area contributed by atoms with E-state index in [1.54, 1.807) is 0 Å². The first-order chi connectivity index (χ1) is 12.8. The minimum atomic E-state index is 0.599. The van der Waals surface area contributed by atoms with Crippen LogP contribution in [0.3, 0.4) is 0 Å². The molecular weight excluding hydrogens is 320 g/mol. The highest BCUT2D eigenvalue weighted by Crippen LogP contribution is 2.38. The highest BCUT2D eigenvalue weighted by Gasteiger charge is 2.22. The van der Waals surface area contributed by atoms with Crippen LogP contribution < -0.4 is 0 Å². The van der Waals surface area contributed by atoms with Crippen LogP contribution in [0.15, 0.2) is 59.1 Å². The normalized spacial score (nSPS) is 15.0. The van der Waals surface area contributed by atoms with Gasteiger partial charge in [0, 0.05) is 12.1 Å². The van der Waals surface area contributed by atoms with E-state index in [2.05, 4.69) is 53.3 Å². The molecule has 1 radical (unpaired) electrons. The molecule has 3 nitrogen and oxygen atoms in total. The van der Waals surface area contributed by atoms with Crippen LogP contribution in [0, 0.1) is 6.07 Å². The lowest BCUT2D eigenvalue weighted by atomic mass is 9.93. The minimum absolute atomic E-state index is 0.599. The van der Waals surface area contributed by atoms with Gasteiger partial charge >= 0.3 is 0 Å². The van der Waals surface area contributed by atoms with Gasteiger partial charge in [0.05, 0.1) is 12.7 Å².